The Kier molecular flexibility index (Phi) is 5.13. The molecule has 1 aromatic carbocycles. The first-order valence-electron chi connectivity index (χ1n) is 7.54. The van der Waals surface area contributed by atoms with Gasteiger partial charge in [-0.3, -0.25) is 14.8 Å². The number of carbonyl (C=O) groups excluding carboxylic acids is 1. The van der Waals surface area contributed by atoms with Gasteiger partial charge < -0.3 is 4.42 Å². The Bertz CT molecular complexity index is 856. The van der Waals surface area contributed by atoms with Crippen LogP contribution in [0, 0.1) is 12.7 Å². The molecule has 0 bridgehead atoms. The highest BCUT2D eigenvalue weighted by atomic mass is 32.2. The average molecular weight is 361 g/mol. The molecule has 0 atom stereocenters. The largest absolute Gasteiger partial charge is 0.401 e. The minimum Gasteiger partial charge on any atom is -0.401 e. The molecule has 130 valence electrons. The summed E-state index contributed by atoms with van der Waals surface area (Å²) in [5, 5.41) is 14.5. The van der Waals surface area contributed by atoms with Crippen LogP contribution in [0.3, 0.4) is 0 Å². The number of thioether (sulfide) groups is 1. The van der Waals surface area contributed by atoms with Gasteiger partial charge in [-0.05, 0) is 37.3 Å². The first kappa shape index (κ1) is 17.2. The van der Waals surface area contributed by atoms with Crippen LogP contribution in [0.5, 0.6) is 0 Å². The minimum atomic E-state index is -0.280. The van der Waals surface area contributed by atoms with E-state index < -0.39 is 0 Å². The van der Waals surface area contributed by atoms with Crippen molar-refractivity contribution in [2.75, 3.05) is 11.1 Å². The van der Waals surface area contributed by atoms with Gasteiger partial charge in [0.1, 0.15) is 11.5 Å². The van der Waals surface area contributed by atoms with Crippen molar-refractivity contribution in [2.24, 2.45) is 7.05 Å². The molecule has 0 saturated carbocycles. The van der Waals surface area contributed by atoms with E-state index in [0.29, 0.717) is 11.4 Å². The number of hydrogen-bond donors (Lipinski definition) is 1. The van der Waals surface area contributed by atoms with Crippen molar-refractivity contribution < 1.29 is 13.6 Å². The highest BCUT2D eigenvalue weighted by molar-refractivity contribution is 7.99. The summed E-state index contributed by atoms with van der Waals surface area (Å²) in [6.45, 7) is 1.91. The summed E-state index contributed by atoms with van der Waals surface area (Å²) in [4.78, 5) is 12.8. The van der Waals surface area contributed by atoms with Gasteiger partial charge in [-0.15, -0.1) is 16.9 Å². The molecule has 0 aliphatic carbocycles. The zero-order chi connectivity index (χ0) is 17.8. The van der Waals surface area contributed by atoms with E-state index in [1.54, 1.807) is 16.8 Å². The van der Waals surface area contributed by atoms with Crippen molar-refractivity contribution in [3.63, 3.8) is 0 Å². The molecule has 9 heteroatoms. The van der Waals surface area contributed by atoms with Gasteiger partial charge in [0.05, 0.1) is 0 Å². The smallest absolute Gasteiger partial charge is 0.322 e. The molecule has 7 nitrogen and oxygen atoms in total. The van der Waals surface area contributed by atoms with Crippen molar-refractivity contribution in [1.29, 1.82) is 0 Å². The number of carbonyl (C=O) groups is 1. The van der Waals surface area contributed by atoms with E-state index in [0.717, 1.165) is 10.6 Å². The van der Waals surface area contributed by atoms with Crippen LogP contribution in [0.2, 0.25) is 0 Å². The second-order valence-electron chi connectivity index (χ2n) is 5.31. The van der Waals surface area contributed by atoms with Crippen LogP contribution in [0.4, 0.5) is 10.4 Å². The summed E-state index contributed by atoms with van der Waals surface area (Å²) in [6.07, 6.45) is 0.266. The molecule has 1 amide bonds. The lowest BCUT2D eigenvalue weighted by Gasteiger charge is -2.01. The molecule has 2 aromatic heterocycles. The number of amides is 1. The van der Waals surface area contributed by atoms with Gasteiger partial charge in [-0.25, -0.2) is 4.39 Å². The highest BCUT2D eigenvalue weighted by Gasteiger charge is 2.14. The van der Waals surface area contributed by atoms with Crippen LogP contribution < -0.4 is 5.32 Å². The molecule has 3 rings (SSSR count). The second kappa shape index (κ2) is 7.47. The molecule has 2 heterocycles. The fourth-order valence-corrected chi connectivity index (χ4v) is 2.87. The van der Waals surface area contributed by atoms with Crippen LogP contribution >= 0.6 is 11.8 Å². The summed E-state index contributed by atoms with van der Waals surface area (Å²) >= 11 is 1.47. The maximum atomic E-state index is 12.8. The fourth-order valence-electron chi connectivity index (χ4n) is 2.02. The molecule has 0 radical (unpaired) electrons. The number of rotatable bonds is 6. The molecule has 0 fully saturated rings. The Labute approximate surface area is 147 Å². The van der Waals surface area contributed by atoms with Gasteiger partial charge in [0.25, 0.3) is 5.89 Å². The van der Waals surface area contributed by atoms with Gasteiger partial charge in [0.15, 0.2) is 0 Å². The fraction of sp³-hybridized carbons (Fsp3) is 0.250. The van der Waals surface area contributed by atoms with Gasteiger partial charge in [-0.1, -0.05) is 5.10 Å². The Morgan fingerprint density at radius 1 is 1.32 bits per heavy atom. The van der Waals surface area contributed by atoms with Gasteiger partial charge in [0.2, 0.25) is 5.91 Å². The molecule has 0 spiro atoms. The Hall–Kier alpha value is -2.68. The highest BCUT2D eigenvalue weighted by Crippen LogP contribution is 2.21. The Morgan fingerprint density at radius 2 is 2.08 bits per heavy atom. The maximum absolute atomic E-state index is 12.8. The third-order valence-corrected chi connectivity index (χ3v) is 4.43. The molecule has 0 unspecified atom stereocenters. The third-order valence-electron chi connectivity index (χ3n) is 3.42. The molecule has 0 aliphatic rings. The van der Waals surface area contributed by atoms with Crippen molar-refractivity contribution in [2.45, 2.75) is 18.2 Å². The molecule has 25 heavy (non-hydrogen) atoms. The third kappa shape index (κ3) is 4.44. The zero-order valence-electron chi connectivity index (χ0n) is 13.7. The lowest BCUT2D eigenvalue weighted by atomic mass is 10.4. The summed E-state index contributed by atoms with van der Waals surface area (Å²) in [7, 11) is 1.82. The predicted octanol–water partition coefficient (Wildman–Crippen LogP) is 3.04. The molecular formula is C16H16FN5O2S. The second-order valence-corrected chi connectivity index (χ2v) is 6.48. The van der Waals surface area contributed by atoms with Crippen molar-refractivity contribution in [3.8, 4) is 11.6 Å². The number of aryl methyl sites for hydroxylation is 2. The molecule has 0 aliphatic heterocycles. The van der Waals surface area contributed by atoms with E-state index >= 15 is 0 Å². The lowest BCUT2D eigenvalue weighted by molar-refractivity contribution is -0.115. The van der Waals surface area contributed by atoms with Crippen LogP contribution in [0.1, 0.15) is 12.1 Å². The molecule has 0 saturated heterocycles. The number of benzene rings is 1. The lowest BCUT2D eigenvalue weighted by Crippen LogP contribution is -2.12. The van der Waals surface area contributed by atoms with E-state index in [4.69, 9.17) is 4.42 Å². The van der Waals surface area contributed by atoms with Gasteiger partial charge in [-0.2, -0.15) is 5.10 Å². The normalized spacial score (nSPS) is 10.8. The quantitative estimate of drug-likeness (QED) is 0.679. The number of anilines is 1. The predicted molar refractivity (Wildman–Crippen MR) is 91.6 cm³/mol. The Morgan fingerprint density at radius 3 is 2.76 bits per heavy atom. The molecule has 1 N–H and O–H groups in total. The number of nitrogens with zero attached hydrogens (tertiary/aromatic N) is 4. The average Bonchev–Trinajstić information content (AvgIpc) is 3.16. The monoisotopic (exact) mass is 361 g/mol. The first-order valence-corrected chi connectivity index (χ1v) is 8.52. The zero-order valence-corrected chi connectivity index (χ0v) is 14.5. The summed E-state index contributed by atoms with van der Waals surface area (Å²) in [6, 6.07) is 7.99. The standard InChI is InChI=1S/C16H16FN5O2S/c1-10-9-13(21-22(10)2)15-19-20-16(24-15)18-14(23)7-8-25-12-5-3-11(17)4-6-12/h3-6,9H,7-8H2,1-2H3,(H,18,20,23). The van der Waals surface area contributed by atoms with Crippen LogP contribution in [-0.2, 0) is 11.8 Å². The van der Waals surface area contributed by atoms with Gasteiger partial charge in [0, 0.05) is 29.8 Å². The topological polar surface area (TPSA) is 85.8 Å². The van der Waals surface area contributed by atoms with E-state index in [1.807, 2.05) is 20.0 Å². The number of nitrogens with one attached hydrogen (secondary N) is 1. The Balaban J connectivity index is 1.50. The molecular weight excluding hydrogens is 345 g/mol. The van der Waals surface area contributed by atoms with Crippen molar-refractivity contribution in [1.82, 2.24) is 20.0 Å². The van der Waals surface area contributed by atoms with E-state index in [-0.39, 0.29) is 30.1 Å². The SMILES string of the molecule is Cc1cc(-c2nnc(NC(=O)CCSc3ccc(F)cc3)o2)nn1C. The van der Waals surface area contributed by atoms with E-state index in [2.05, 4.69) is 20.6 Å². The van der Waals surface area contributed by atoms with Gasteiger partial charge >= 0.3 is 6.01 Å². The maximum Gasteiger partial charge on any atom is 0.322 e. The molecule has 3 aromatic rings. The van der Waals surface area contributed by atoms with Crippen LogP contribution in [-0.4, -0.2) is 31.6 Å². The summed E-state index contributed by atoms with van der Waals surface area (Å²) < 4.78 is 19.9. The number of hydrogen-bond acceptors (Lipinski definition) is 6. The number of halogens is 1. The minimum absolute atomic E-state index is 0.0371. The van der Waals surface area contributed by atoms with E-state index in [9.17, 15) is 9.18 Å². The number of aromatic nitrogens is 4. The van der Waals surface area contributed by atoms with E-state index in [1.165, 1.54) is 23.9 Å². The van der Waals surface area contributed by atoms with Crippen LogP contribution in [0.25, 0.3) is 11.6 Å². The summed E-state index contributed by atoms with van der Waals surface area (Å²) in [5.41, 5.74) is 1.51. The van der Waals surface area contributed by atoms with Crippen molar-refractivity contribution >= 4 is 23.7 Å². The van der Waals surface area contributed by atoms with Crippen molar-refractivity contribution in [3.05, 3.63) is 41.8 Å². The first-order chi connectivity index (χ1) is 12.0. The van der Waals surface area contributed by atoms with Crippen LogP contribution in [0.15, 0.2) is 39.6 Å². The summed E-state index contributed by atoms with van der Waals surface area (Å²) in [5.74, 6) is 0.289.